The van der Waals surface area contributed by atoms with Crippen molar-refractivity contribution in [3.8, 4) is 0 Å². The van der Waals surface area contributed by atoms with Crippen LogP contribution in [0.1, 0.15) is 12.8 Å². The summed E-state index contributed by atoms with van der Waals surface area (Å²) in [4.78, 5) is 0. The summed E-state index contributed by atoms with van der Waals surface area (Å²) < 4.78 is 24.2. The molecule has 0 aliphatic carbocycles. The summed E-state index contributed by atoms with van der Waals surface area (Å²) in [5.74, 6) is 0.177. The Labute approximate surface area is 92.3 Å². The zero-order chi connectivity index (χ0) is 11.3. The Bertz CT molecular complexity index is 271. The van der Waals surface area contributed by atoms with E-state index >= 15 is 0 Å². The van der Waals surface area contributed by atoms with E-state index in [-0.39, 0.29) is 5.75 Å². The van der Waals surface area contributed by atoms with Gasteiger partial charge in [0.25, 0.3) is 0 Å². The Morgan fingerprint density at radius 3 is 2.73 bits per heavy atom. The van der Waals surface area contributed by atoms with Crippen molar-refractivity contribution >= 4 is 10.0 Å². The van der Waals surface area contributed by atoms with Gasteiger partial charge in [0.1, 0.15) is 0 Å². The quantitative estimate of drug-likeness (QED) is 0.656. The van der Waals surface area contributed by atoms with E-state index in [1.807, 2.05) is 0 Å². The van der Waals surface area contributed by atoms with Crippen LogP contribution in [-0.4, -0.2) is 58.2 Å². The Balaban J connectivity index is 2.20. The third-order valence-electron chi connectivity index (χ3n) is 2.65. The summed E-state index contributed by atoms with van der Waals surface area (Å²) in [5, 5.41) is 6.55. The van der Waals surface area contributed by atoms with Gasteiger partial charge in [0, 0.05) is 33.2 Å². The van der Waals surface area contributed by atoms with Gasteiger partial charge in [0.2, 0.25) is 10.0 Å². The van der Waals surface area contributed by atoms with Gasteiger partial charge in [-0.2, -0.15) is 0 Å². The summed E-state index contributed by atoms with van der Waals surface area (Å²) in [5.41, 5.74) is 0. The molecule has 1 aliphatic heterocycles. The van der Waals surface area contributed by atoms with Gasteiger partial charge in [-0.25, -0.2) is 12.7 Å². The van der Waals surface area contributed by atoms with E-state index in [1.54, 1.807) is 14.1 Å². The van der Waals surface area contributed by atoms with Crippen molar-refractivity contribution in [2.75, 3.05) is 39.5 Å². The number of nitrogens with one attached hydrogen (secondary N) is 2. The predicted molar refractivity (Wildman–Crippen MR) is 61.4 cm³/mol. The van der Waals surface area contributed by atoms with Crippen LogP contribution in [0.4, 0.5) is 0 Å². The van der Waals surface area contributed by atoms with Crippen molar-refractivity contribution in [2.24, 2.45) is 0 Å². The lowest BCUT2D eigenvalue weighted by Crippen LogP contribution is -2.45. The van der Waals surface area contributed by atoms with Gasteiger partial charge in [-0.3, -0.25) is 0 Å². The lowest BCUT2D eigenvalue weighted by atomic mass is 10.1. The topological polar surface area (TPSA) is 61.4 Å². The summed E-state index contributed by atoms with van der Waals surface area (Å²) >= 11 is 0. The zero-order valence-electron chi connectivity index (χ0n) is 9.49. The molecule has 0 aromatic rings. The molecule has 0 aromatic heterocycles. The van der Waals surface area contributed by atoms with Crippen LogP contribution >= 0.6 is 0 Å². The Morgan fingerprint density at radius 1 is 1.47 bits per heavy atom. The summed E-state index contributed by atoms with van der Waals surface area (Å²) in [7, 11) is 0.0853. The van der Waals surface area contributed by atoms with E-state index in [2.05, 4.69) is 10.6 Å². The molecule has 0 bridgehead atoms. The molecule has 1 saturated heterocycles. The number of nitrogens with zero attached hydrogens (tertiary/aromatic N) is 1. The highest BCUT2D eigenvalue weighted by Crippen LogP contribution is 2.01. The molecule has 6 heteroatoms. The van der Waals surface area contributed by atoms with Gasteiger partial charge in [0.05, 0.1) is 5.75 Å². The first-order valence-corrected chi connectivity index (χ1v) is 6.97. The predicted octanol–water partition coefficient (Wildman–Crippen LogP) is -0.781. The van der Waals surface area contributed by atoms with Crippen LogP contribution in [0.5, 0.6) is 0 Å². The molecule has 1 rings (SSSR count). The van der Waals surface area contributed by atoms with Crippen LogP contribution in [0, 0.1) is 0 Å². The van der Waals surface area contributed by atoms with Crippen LogP contribution in [0.2, 0.25) is 0 Å². The molecule has 5 nitrogen and oxygen atoms in total. The minimum absolute atomic E-state index is 0.177. The SMILES string of the molecule is CN(C)S(=O)(=O)CCNC1CCCNC1. The Kier molecular flexibility index (Phi) is 4.98. The van der Waals surface area contributed by atoms with Crippen LogP contribution < -0.4 is 10.6 Å². The lowest BCUT2D eigenvalue weighted by Gasteiger charge is -2.24. The summed E-state index contributed by atoms with van der Waals surface area (Å²) in [6.45, 7) is 2.56. The third-order valence-corrected chi connectivity index (χ3v) is 4.48. The van der Waals surface area contributed by atoms with E-state index in [0.717, 1.165) is 25.9 Å². The van der Waals surface area contributed by atoms with Crippen molar-refractivity contribution in [2.45, 2.75) is 18.9 Å². The second-order valence-corrected chi connectivity index (χ2v) is 6.40. The summed E-state index contributed by atoms with van der Waals surface area (Å²) in [6.07, 6.45) is 2.30. The van der Waals surface area contributed by atoms with Crippen LogP contribution in [0.25, 0.3) is 0 Å². The number of hydrogen-bond acceptors (Lipinski definition) is 4. The monoisotopic (exact) mass is 235 g/mol. The van der Waals surface area contributed by atoms with E-state index < -0.39 is 10.0 Å². The molecule has 90 valence electrons. The molecule has 2 N–H and O–H groups in total. The average molecular weight is 235 g/mol. The van der Waals surface area contributed by atoms with Gasteiger partial charge in [0.15, 0.2) is 0 Å². The van der Waals surface area contributed by atoms with Gasteiger partial charge in [-0.15, -0.1) is 0 Å². The van der Waals surface area contributed by atoms with Crippen LogP contribution in [0.3, 0.4) is 0 Å². The van der Waals surface area contributed by atoms with Gasteiger partial charge < -0.3 is 10.6 Å². The molecule has 1 heterocycles. The molecule has 0 spiro atoms. The fourth-order valence-electron chi connectivity index (χ4n) is 1.60. The van der Waals surface area contributed by atoms with Crippen LogP contribution in [-0.2, 0) is 10.0 Å². The van der Waals surface area contributed by atoms with Crippen molar-refractivity contribution in [1.82, 2.24) is 14.9 Å². The molecule has 1 atom stereocenters. The maximum atomic E-state index is 11.4. The van der Waals surface area contributed by atoms with Gasteiger partial charge in [-0.1, -0.05) is 0 Å². The number of sulfonamides is 1. The van der Waals surface area contributed by atoms with Crippen LogP contribution in [0.15, 0.2) is 0 Å². The normalized spacial score (nSPS) is 23.3. The highest BCUT2D eigenvalue weighted by molar-refractivity contribution is 7.89. The lowest BCUT2D eigenvalue weighted by molar-refractivity contribution is 0.396. The van der Waals surface area contributed by atoms with Crippen molar-refractivity contribution in [3.05, 3.63) is 0 Å². The first-order chi connectivity index (χ1) is 7.02. The van der Waals surface area contributed by atoms with Crippen molar-refractivity contribution < 1.29 is 8.42 Å². The van der Waals surface area contributed by atoms with Gasteiger partial charge in [-0.05, 0) is 19.4 Å². The smallest absolute Gasteiger partial charge is 0.214 e. The fraction of sp³-hybridized carbons (Fsp3) is 1.00. The third kappa shape index (κ3) is 4.46. The van der Waals surface area contributed by atoms with E-state index in [1.165, 1.54) is 4.31 Å². The average Bonchev–Trinajstić information content (AvgIpc) is 2.19. The molecular formula is C9H21N3O2S. The zero-order valence-corrected chi connectivity index (χ0v) is 10.3. The maximum Gasteiger partial charge on any atom is 0.214 e. The minimum atomic E-state index is -3.05. The molecular weight excluding hydrogens is 214 g/mol. The summed E-state index contributed by atoms with van der Waals surface area (Å²) in [6, 6.07) is 0.427. The second-order valence-electron chi connectivity index (χ2n) is 4.10. The van der Waals surface area contributed by atoms with Crippen molar-refractivity contribution in [3.63, 3.8) is 0 Å². The van der Waals surface area contributed by atoms with Crippen molar-refractivity contribution in [1.29, 1.82) is 0 Å². The molecule has 0 amide bonds. The van der Waals surface area contributed by atoms with E-state index in [0.29, 0.717) is 12.6 Å². The molecule has 0 radical (unpaired) electrons. The first kappa shape index (κ1) is 12.9. The maximum absolute atomic E-state index is 11.4. The number of rotatable bonds is 5. The standard InChI is InChI=1S/C9H21N3O2S/c1-12(2)15(13,14)7-6-11-9-4-3-5-10-8-9/h9-11H,3-8H2,1-2H3. The Morgan fingerprint density at radius 2 is 2.20 bits per heavy atom. The highest BCUT2D eigenvalue weighted by Gasteiger charge is 2.15. The Hall–Kier alpha value is -0.170. The molecule has 1 aliphatic rings. The number of piperidine rings is 1. The first-order valence-electron chi connectivity index (χ1n) is 5.36. The molecule has 1 fully saturated rings. The molecule has 15 heavy (non-hydrogen) atoms. The molecule has 1 unspecified atom stereocenters. The molecule has 0 aromatic carbocycles. The highest BCUT2D eigenvalue weighted by atomic mass is 32.2. The van der Waals surface area contributed by atoms with Gasteiger partial charge >= 0.3 is 0 Å². The second kappa shape index (κ2) is 5.79. The molecule has 0 saturated carbocycles. The fourth-order valence-corrected chi connectivity index (χ4v) is 2.34. The van der Waals surface area contributed by atoms with E-state index in [9.17, 15) is 8.42 Å². The minimum Gasteiger partial charge on any atom is -0.315 e. The number of hydrogen-bond donors (Lipinski definition) is 2. The largest absolute Gasteiger partial charge is 0.315 e. The van der Waals surface area contributed by atoms with E-state index in [4.69, 9.17) is 0 Å².